The third-order valence-electron chi connectivity index (χ3n) is 6.36. The topological polar surface area (TPSA) is 115 Å². The predicted molar refractivity (Wildman–Crippen MR) is 167 cm³/mol. The van der Waals surface area contributed by atoms with Gasteiger partial charge in [0.15, 0.2) is 5.75 Å². The summed E-state index contributed by atoms with van der Waals surface area (Å²) in [5.74, 6) is 0.820. The third kappa shape index (κ3) is 7.74. The van der Waals surface area contributed by atoms with Gasteiger partial charge in [0.2, 0.25) is 4.90 Å². The lowest BCUT2D eigenvalue weighted by Gasteiger charge is -2.16. The Kier molecular flexibility index (Phi) is 10.3. The van der Waals surface area contributed by atoms with Crippen molar-refractivity contribution in [1.29, 1.82) is 0 Å². The molecule has 0 heterocycles. The van der Waals surface area contributed by atoms with E-state index in [0.717, 1.165) is 16.8 Å². The van der Waals surface area contributed by atoms with E-state index in [1.807, 2.05) is 48.5 Å². The highest BCUT2D eigenvalue weighted by atomic mass is 32.2. The standard InChI is InChI=1S/C32H34N4O5S/c1-36(2)32(38)25-10-5-8-22(18-25)23-14-15-29(41-4)30(20-23)42(39)35-27-12-7-11-26(21-27)33-16-17-34-31(37)24-9-6-13-28(19-24)40-3/h5-15,18-21,33,35H,16-17H2,1-4H3,(H,34,37). The van der Waals surface area contributed by atoms with Crippen molar-refractivity contribution in [1.82, 2.24) is 10.2 Å². The van der Waals surface area contributed by atoms with Gasteiger partial charge < -0.3 is 29.6 Å². The van der Waals surface area contributed by atoms with Crippen LogP contribution >= 0.6 is 0 Å². The molecule has 3 N–H and O–H groups in total. The summed E-state index contributed by atoms with van der Waals surface area (Å²) in [4.78, 5) is 26.9. The maximum Gasteiger partial charge on any atom is 0.253 e. The lowest BCUT2D eigenvalue weighted by Crippen LogP contribution is -2.28. The van der Waals surface area contributed by atoms with Crippen LogP contribution in [0.15, 0.2) is 95.9 Å². The first-order chi connectivity index (χ1) is 20.3. The zero-order valence-electron chi connectivity index (χ0n) is 24.0. The fourth-order valence-electron chi connectivity index (χ4n) is 4.20. The van der Waals surface area contributed by atoms with Crippen LogP contribution in [0.1, 0.15) is 20.7 Å². The minimum Gasteiger partial charge on any atom is -0.588 e. The number of nitrogens with one attached hydrogen (secondary N) is 3. The lowest BCUT2D eigenvalue weighted by atomic mass is 10.0. The van der Waals surface area contributed by atoms with Gasteiger partial charge in [0, 0.05) is 50.1 Å². The maximum absolute atomic E-state index is 13.5. The smallest absolute Gasteiger partial charge is 0.253 e. The molecule has 0 aliphatic heterocycles. The van der Waals surface area contributed by atoms with E-state index in [2.05, 4.69) is 15.4 Å². The Balaban J connectivity index is 1.40. The van der Waals surface area contributed by atoms with Crippen molar-refractivity contribution >= 4 is 34.6 Å². The van der Waals surface area contributed by atoms with E-state index in [4.69, 9.17) is 9.47 Å². The summed E-state index contributed by atoms with van der Waals surface area (Å²) in [6.45, 7) is 0.901. The molecule has 4 aromatic carbocycles. The van der Waals surface area contributed by atoms with E-state index in [-0.39, 0.29) is 11.8 Å². The Morgan fingerprint density at radius 3 is 2.26 bits per heavy atom. The Morgan fingerprint density at radius 2 is 1.50 bits per heavy atom. The number of ether oxygens (including phenoxy) is 2. The minimum atomic E-state index is -1.64. The van der Waals surface area contributed by atoms with E-state index >= 15 is 0 Å². The molecule has 4 aromatic rings. The molecule has 42 heavy (non-hydrogen) atoms. The highest BCUT2D eigenvalue weighted by molar-refractivity contribution is 7.92. The summed E-state index contributed by atoms with van der Waals surface area (Å²) >= 11 is -1.64. The normalized spacial score (nSPS) is 11.3. The average molecular weight is 587 g/mol. The van der Waals surface area contributed by atoms with Gasteiger partial charge in [-0.2, -0.15) is 0 Å². The number of rotatable bonds is 12. The zero-order valence-corrected chi connectivity index (χ0v) is 24.8. The minimum absolute atomic E-state index is 0.0939. The molecule has 9 nitrogen and oxygen atoms in total. The Labute approximate surface area is 249 Å². The van der Waals surface area contributed by atoms with Crippen molar-refractivity contribution in [3.63, 3.8) is 0 Å². The SMILES string of the molecule is COc1cccc(C(=O)NCCNc2cccc(N[S+]([O-])c3cc(-c4cccc(C(=O)N(C)C)c4)ccc3OC)c2)c1. The first-order valence-electron chi connectivity index (χ1n) is 13.2. The molecule has 1 unspecified atom stereocenters. The number of amides is 2. The van der Waals surface area contributed by atoms with Crippen molar-refractivity contribution in [3.05, 3.63) is 102 Å². The molecule has 0 saturated heterocycles. The number of carbonyl (C=O) groups is 2. The Bertz CT molecular complexity index is 1550. The number of carbonyl (C=O) groups excluding carboxylic acids is 2. The molecule has 1 atom stereocenters. The van der Waals surface area contributed by atoms with Gasteiger partial charge in [-0.05, 0) is 65.7 Å². The molecule has 0 fully saturated rings. The first-order valence-corrected chi connectivity index (χ1v) is 14.4. The number of methoxy groups -OCH3 is 2. The number of benzene rings is 4. The first kappa shape index (κ1) is 30.3. The van der Waals surface area contributed by atoms with Crippen LogP contribution in [0.25, 0.3) is 11.1 Å². The molecule has 0 spiro atoms. The summed E-state index contributed by atoms with van der Waals surface area (Å²) in [5, 5.41) is 6.15. The highest BCUT2D eigenvalue weighted by Crippen LogP contribution is 2.32. The fraction of sp³-hybridized carbons (Fsp3) is 0.188. The molecule has 218 valence electrons. The van der Waals surface area contributed by atoms with Crippen LogP contribution in [0.2, 0.25) is 0 Å². The predicted octanol–water partition coefficient (Wildman–Crippen LogP) is 5.05. The van der Waals surface area contributed by atoms with Crippen LogP contribution in [-0.2, 0) is 11.4 Å². The monoisotopic (exact) mass is 586 g/mol. The van der Waals surface area contributed by atoms with E-state index in [1.165, 1.54) is 12.0 Å². The van der Waals surface area contributed by atoms with Crippen LogP contribution in [0.5, 0.6) is 11.5 Å². The van der Waals surface area contributed by atoms with E-state index < -0.39 is 11.4 Å². The van der Waals surface area contributed by atoms with Crippen LogP contribution in [0.3, 0.4) is 0 Å². The van der Waals surface area contributed by atoms with E-state index in [0.29, 0.717) is 46.3 Å². The molecule has 0 saturated carbocycles. The second-order valence-electron chi connectivity index (χ2n) is 9.51. The van der Waals surface area contributed by atoms with Gasteiger partial charge in [0.25, 0.3) is 11.8 Å². The summed E-state index contributed by atoms with van der Waals surface area (Å²) in [6.07, 6.45) is 0. The van der Waals surface area contributed by atoms with Gasteiger partial charge >= 0.3 is 0 Å². The number of hydrogen-bond donors (Lipinski definition) is 3. The summed E-state index contributed by atoms with van der Waals surface area (Å²) in [7, 11) is 6.51. The van der Waals surface area contributed by atoms with Crippen LogP contribution in [-0.4, -0.2) is 62.7 Å². The summed E-state index contributed by atoms with van der Waals surface area (Å²) < 4.78 is 27.2. The molecule has 0 radical (unpaired) electrons. The average Bonchev–Trinajstić information content (AvgIpc) is 3.02. The van der Waals surface area contributed by atoms with Crippen molar-refractivity contribution in [2.24, 2.45) is 0 Å². The van der Waals surface area contributed by atoms with Gasteiger partial charge in [-0.15, -0.1) is 0 Å². The largest absolute Gasteiger partial charge is 0.588 e. The summed E-state index contributed by atoms with van der Waals surface area (Å²) in [6, 6.07) is 27.1. The highest BCUT2D eigenvalue weighted by Gasteiger charge is 2.20. The number of anilines is 2. The molecule has 2 amide bonds. The Morgan fingerprint density at radius 1 is 0.786 bits per heavy atom. The number of nitrogens with zero attached hydrogens (tertiary/aromatic N) is 1. The third-order valence-corrected chi connectivity index (χ3v) is 7.50. The number of hydrogen-bond acceptors (Lipinski definition) is 7. The van der Waals surface area contributed by atoms with Gasteiger partial charge in [0.1, 0.15) is 17.1 Å². The summed E-state index contributed by atoms with van der Waals surface area (Å²) in [5.41, 5.74) is 4.17. The molecule has 4 rings (SSSR count). The van der Waals surface area contributed by atoms with Crippen molar-refractivity contribution < 1.29 is 23.6 Å². The Hall–Kier alpha value is -4.67. The maximum atomic E-state index is 13.5. The zero-order chi connectivity index (χ0) is 30.1. The molecule has 0 aliphatic rings. The molecule has 0 aliphatic carbocycles. The van der Waals surface area contributed by atoms with Crippen LogP contribution in [0.4, 0.5) is 11.4 Å². The van der Waals surface area contributed by atoms with E-state index in [9.17, 15) is 14.1 Å². The fourth-order valence-corrected chi connectivity index (χ4v) is 5.21. The van der Waals surface area contributed by atoms with Gasteiger partial charge in [-0.25, -0.2) is 4.72 Å². The molecule has 10 heteroatoms. The van der Waals surface area contributed by atoms with Gasteiger partial charge in [0.05, 0.1) is 19.9 Å². The molecular formula is C32H34N4O5S. The quantitative estimate of drug-likeness (QED) is 0.157. The van der Waals surface area contributed by atoms with Gasteiger partial charge in [-0.3, -0.25) is 9.59 Å². The second-order valence-corrected chi connectivity index (χ2v) is 10.7. The van der Waals surface area contributed by atoms with E-state index in [1.54, 1.807) is 63.7 Å². The van der Waals surface area contributed by atoms with Crippen molar-refractivity contribution in [2.75, 3.05) is 51.4 Å². The van der Waals surface area contributed by atoms with Crippen molar-refractivity contribution in [2.45, 2.75) is 4.90 Å². The van der Waals surface area contributed by atoms with Gasteiger partial charge in [-0.1, -0.05) is 30.3 Å². The molecular weight excluding hydrogens is 552 g/mol. The van der Waals surface area contributed by atoms with Crippen LogP contribution < -0.4 is 24.8 Å². The van der Waals surface area contributed by atoms with Crippen LogP contribution in [0, 0.1) is 0 Å². The second kappa shape index (κ2) is 14.3. The lowest BCUT2D eigenvalue weighted by molar-refractivity contribution is 0.0827. The molecule has 0 bridgehead atoms. The molecule has 0 aromatic heterocycles. The van der Waals surface area contributed by atoms with Crippen molar-refractivity contribution in [3.8, 4) is 22.6 Å².